The van der Waals surface area contributed by atoms with Gasteiger partial charge in [-0.2, -0.15) is 0 Å². The van der Waals surface area contributed by atoms with Crippen LogP contribution in [0.25, 0.3) is 38.6 Å². The van der Waals surface area contributed by atoms with E-state index in [1.54, 1.807) is 14.6 Å². The van der Waals surface area contributed by atoms with Crippen molar-refractivity contribution in [3.63, 3.8) is 0 Å². The lowest BCUT2D eigenvalue weighted by Gasteiger charge is -2.08. The lowest BCUT2D eigenvalue weighted by Crippen LogP contribution is -2.15. The number of aromatic nitrogens is 1. The summed E-state index contributed by atoms with van der Waals surface area (Å²) in [5, 5.41) is 2.53. The molecule has 1 aromatic heterocycles. The fourth-order valence-corrected chi connectivity index (χ4v) is 3.94. The van der Waals surface area contributed by atoms with Gasteiger partial charge in [-0.15, -0.1) is 0 Å². The van der Waals surface area contributed by atoms with E-state index in [1.165, 1.54) is 38.6 Å². The first-order valence-electron chi connectivity index (χ1n) is 9.40. The average Bonchev–Trinajstić information content (AvgIpc) is 3.08. The molecular weight excluding hydrogens is 341 g/mol. The third-order valence-electron chi connectivity index (χ3n) is 5.16. The second-order valence-electron chi connectivity index (χ2n) is 6.90. The number of para-hydroxylation sites is 2. The van der Waals surface area contributed by atoms with Crippen LogP contribution < -0.4 is 5.46 Å². The van der Waals surface area contributed by atoms with Gasteiger partial charge in [-0.3, -0.25) is 0 Å². The van der Waals surface area contributed by atoms with Gasteiger partial charge in [0.2, 0.25) is 0 Å². The number of benzene rings is 4. The van der Waals surface area contributed by atoms with Gasteiger partial charge in [0.05, 0.1) is 11.0 Å². The number of nitrogens with zero attached hydrogens (tertiary/aromatic N) is 1. The highest BCUT2D eigenvalue weighted by Gasteiger charge is 2.12. The highest BCUT2D eigenvalue weighted by Crippen LogP contribution is 2.34. The predicted molar refractivity (Wildman–Crippen MR) is 119 cm³/mol. The normalized spacial score (nSPS) is 11.2. The van der Waals surface area contributed by atoms with Crippen LogP contribution in [-0.2, 0) is 4.65 Å². The fourth-order valence-electron chi connectivity index (χ4n) is 3.94. The van der Waals surface area contributed by atoms with E-state index in [9.17, 15) is 0 Å². The Morgan fingerprint density at radius 2 is 1.39 bits per heavy atom. The van der Waals surface area contributed by atoms with Crippen LogP contribution in [0.3, 0.4) is 0 Å². The fraction of sp³-hybridized carbons (Fsp3) is 0.0400. The van der Waals surface area contributed by atoms with Crippen molar-refractivity contribution in [3.05, 3.63) is 97.1 Å². The standard InChI is InChI=1S/C25H19BNO/c1-28-26-20-9-7-8-18(16-20)19-14-15-25-23(17-19)22-12-5-6-13-24(22)27(25)21-10-3-2-4-11-21/h2-17H,1H3. The quantitative estimate of drug-likeness (QED) is 0.395. The molecule has 0 saturated carbocycles. The molecule has 133 valence electrons. The third-order valence-corrected chi connectivity index (χ3v) is 5.16. The van der Waals surface area contributed by atoms with Gasteiger partial charge in [-0.05, 0) is 41.5 Å². The molecule has 0 aliphatic rings. The lowest BCUT2D eigenvalue weighted by molar-refractivity contribution is 0.450. The molecule has 0 spiro atoms. The van der Waals surface area contributed by atoms with Crippen LogP contribution in [0.2, 0.25) is 0 Å². The van der Waals surface area contributed by atoms with Gasteiger partial charge in [-0.1, -0.05) is 72.2 Å². The monoisotopic (exact) mass is 360 g/mol. The summed E-state index contributed by atoms with van der Waals surface area (Å²) in [6.07, 6.45) is 0. The summed E-state index contributed by atoms with van der Waals surface area (Å²) in [7, 11) is 3.44. The highest BCUT2D eigenvalue weighted by molar-refractivity contribution is 6.47. The van der Waals surface area contributed by atoms with Crippen molar-refractivity contribution in [1.82, 2.24) is 4.57 Å². The third kappa shape index (κ3) is 2.81. The molecule has 0 bridgehead atoms. The molecule has 5 rings (SSSR count). The van der Waals surface area contributed by atoms with E-state index in [-0.39, 0.29) is 0 Å². The second kappa shape index (κ2) is 7.03. The van der Waals surface area contributed by atoms with Gasteiger partial charge in [0.15, 0.2) is 0 Å². The van der Waals surface area contributed by atoms with E-state index in [2.05, 4.69) is 95.6 Å². The van der Waals surface area contributed by atoms with Crippen molar-refractivity contribution in [2.75, 3.05) is 7.11 Å². The molecule has 4 aromatic carbocycles. The Labute approximate surface area is 165 Å². The van der Waals surface area contributed by atoms with E-state index in [0.29, 0.717) is 0 Å². The summed E-state index contributed by atoms with van der Waals surface area (Å²) in [6.45, 7) is 0. The van der Waals surface area contributed by atoms with E-state index in [1.807, 2.05) is 6.07 Å². The summed E-state index contributed by atoms with van der Waals surface area (Å²) in [6, 6.07) is 34.3. The zero-order valence-corrected chi connectivity index (χ0v) is 15.7. The molecule has 5 aromatic rings. The van der Waals surface area contributed by atoms with Crippen LogP contribution >= 0.6 is 0 Å². The molecule has 1 heterocycles. The summed E-state index contributed by atoms with van der Waals surface area (Å²) in [5.74, 6) is 0. The van der Waals surface area contributed by atoms with Gasteiger partial charge in [0.1, 0.15) is 0 Å². The molecule has 0 atom stereocenters. The smallest absolute Gasteiger partial charge is 0.329 e. The van der Waals surface area contributed by atoms with Crippen LogP contribution in [0, 0.1) is 0 Å². The first kappa shape index (κ1) is 16.8. The minimum Gasteiger partial charge on any atom is -0.437 e. The van der Waals surface area contributed by atoms with Crippen molar-refractivity contribution >= 4 is 34.8 Å². The molecule has 0 amide bonds. The maximum absolute atomic E-state index is 5.17. The van der Waals surface area contributed by atoms with Crippen molar-refractivity contribution in [2.45, 2.75) is 0 Å². The van der Waals surface area contributed by atoms with Crippen LogP contribution in [-0.4, -0.2) is 19.2 Å². The first-order chi connectivity index (χ1) is 13.8. The second-order valence-corrected chi connectivity index (χ2v) is 6.90. The lowest BCUT2D eigenvalue weighted by atomic mass is 9.86. The maximum atomic E-state index is 5.17. The van der Waals surface area contributed by atoms with E-state index in [4.69, 9.17) is 4.65 Å². The number of hydrogen-bond donors (Lipinski definition) is 0. The molecule has 0 N–H and O–H groups in total. The average molecular weight is 360 g/mol. The number of rotatable bonds is 4. The van der Waals surface area contributed by atoms with Crippen LogP contribution in [0.15, 0.2) is 97.1 Å². The summed E-state index contributed by atoms with van der Waals surface area (Å²) in [5.41, 5.74) is 7.07. The largest absolute Gasteiger partial charge is 0.437 e. The summed E-state index contributed by atoms with van der Waals surface area (Å²) >= 11 is 0. The topological polar surface area (TPSA) is 14.2 Å². The molecule has 28 heavy (non-hydrogen) atoms. The van der Waals surface area contributed by atoms with Gasteiger partial charge in [0, 0.05) is 23.6 Å². The van der Waals surface area contributed by atoms with Gasteiger partial charge in [0.25, 0.3) is 0 Å². The summed E-state index contributed by atoms with van der Waals surface area (Å²) < 4.78 is 7.51. The molecule has 0 unspecified atom stereocenters. The van der Waals surface area contributed by atoms with E-state index < -0.39 is 0 Å². The molecule has 3 heteroatoms. The van der Waals surface area contributed by atoms with Crippen LogP contribution in [0.4, 0.5) is 0 Å². The summed E-state index contributed by atoms with van der Waals surface area (Å²) in [4.78, 5) is 0. The minimum atomic E-state index is 1.06. The van der Waals surface area contributed by atoms with E-state index >= 15 is 0 Å². The van der Waals surface area contributed by atoms with Crippen molar-refractivity contribution in [3.8, 4) is 16.8 Å². The molecule has 1 radical (unpaired) electrons. The molecule has 0 aliphatic carbocycles. The first-order valence-corrected chi connectivity index (χ1v) is 9.40. The van der Waals surface area contributed by atoms with Crippen LogP contribution in [0.5, 0.6) is 0 Å². The number of fused-ring (bicyclic) bond motifs is 3. The van der Waals surface area contributed by atoms with Crippen molar-refractivity contribution < 1.29 is 4.65 Å². The number of hydrogen-bond acceptors (Lipinski definition) is 1. The Bertz CT molecular complexity index is 1270. The highest BCUT2D eigenvalue weighted by atomic mass is 16.4. The molecular formula is C25H19BNO. The SMILES string of the molecule is CO[B]c1cccc(-c2ccc3c(c2)c2ccccc2n3-c2ccccc2)c1. The Hall–Kier alpha value is -3.30. The zero-order chi connectivity index (χ0) is 18.9. The Morgan fingerprint density at radius 3 is 2.25 bits per heavy atom. The molecule has 0 aliphatic heterocycles. The van der Waals surface area contributed by atoms with Gasteiger partial charge in [-0.25, -0.2) is 0 Å². The maximum Gasteiger partial charge on any atom is 0.329 e. The zero-order valence-electron chi connectivity index (χ0n) is 15.7. The molecule has 0 fully saturated rings. The van der Waals surface area contributed by atoms with Gasteiger partial charge >= 0.3 is 7.48 Å². The van der Waals surface area contributed by atoms with Crippen molar-refractivity contribution in [2.24, 2.45) is 0 Å². The van der Waals surface area contributed by atoms with Crippen molar-refractivity contribution in [1.29, 1.82) is 0 Å². The van der Waals surface area contributed by atoms with Gasteiger partial charge < -0.3 is 9.22 Å². The Kier molecular flexibility index (Phi) is 4.23. The van der Waals surface area contributed by atoms with Crippen LogP contribution in [0.1, 0.15) is 0 Å². The Balaban J connectivity index is 1.75. The minimum absolute atomic E-state index is 1.06. The van der Waals surface area contributed by atoms with E-state index in [0.717, 1.165) is 5.46 Å². The predicted octanol–water partition coefficient (Wildman–Crippen LogP) is 5.34. The molecule has 2 nitrogen and oxygen atoms in total. The Morgan fingerprint density at radius 1 is 0.643 bits per heavy atom. The molecule has 0 saturated heterocycles.